The Morgan fingerprint density at radius 2 is 2.06 bits per heavy atom. The van der Waals surface area contributed by atoms with Gasteiger partial charge in [0, 0.05) is 13.1 Å². The van der Waals surface area contributed by atoms with Gasteiger partial charge in [-0.1, -0.05) is 38.3 Å². The monoisotopic (exact) mass is 243 g/mol. The molecule has 0 saturated carbocycles. The molecule has 1 aromatic rings. The molecule has 92 valence electrons. The second-order valence-electron chi connectivity index (χ2n) is 4.30. The van der Waals surface area contributed by atoms with Gasteiger partial charge in [0.1, 0.15) is 11.0 Å². The fourth-order valence-electron chi connectivity index (χ4n) is 2.00. The molecular formula is C12H22ClN3. The second kappa shape index (κ2) is 6.26. The number of nitrogens with one attached hydrogen (secondary N) is 1. The van der Waals surface area contributed by atoms with E-state index in [2.05, 4.69) is 31.1 Å². The van der Waals surface area contributed by atoms with Crippen LogP contribution in [0, 0.1) is 5.92 Å². The molecule has 0 aromatic carbocycles. The van der Waals surface area contributed by atoms with Crippen LogP contribution in [0.1, 0.15) is 39.4 Å². The number of rotatable bonds is 6. The van der Waals surface area contributed by atoms with Crippen LogP contribution in [0.4, 0.5) is 0 Å². The van der Waals surface area contributed by atoms with E-state index in [1.165, 1.54) is 12.8 Å². The summed E-state index contributed by atoms with van der Waals surface area (Å²) in [5.74, 6) is 1.72. The number of imidazole rings is 1. The molecule has 0 aliphatic carbocycles. The number of hydrogen-bond acceptors (Lipinski definition) is 2. The highest BCUT2D eigenvalue weighted by Crippen LogP contribution is 2.14. The normalized spacial score (nSPS) is 13.4. The first-order valence-electron chi connectivity index (χ1n) is 5.99. The molecule has 0 aliphatic heterocycles. The molecule has 0 spiro atoms. The molecule has 16 heavy (non-hydrogen) atoms. The predicted molar refractivity (Wildman–Crippen MR) is 68.6 cm³/mol. The molecule has 1 unspecified atom stereocenters. The third-order valence-electron chi connectivity index (χ3n) is 3.37. The second-order valence-corrected chi connectivity index (χ2v) is 4.69. The number of aromatic nitrogens is 2. The molecule has 0 fully saturated rings. The third kappa shape index (κ3) is 3.22. The Labute approximate surface area is 103 Å². The van der Waals surface area contributed by atoms with Crippen molar-refractivity contribution in [3.05, 3.63) is 17.2 Å². The largest absolute Gasteiger partial charge is 0.321 e. The van der Waals surface area contributed by atoms with Gasteiger partial charge in [0.15, 0.2) is 0 Å². The van der Waals surface area contributed by atoms with Crippen LogP contribution in [0.15, 0.2) is 6.20 Å². The van der Waals surface area contributed by atoms with Gasteiger partial charge in [-0.05, 0) is 12.8 Å². The van der Waals surface area contributed by atoms with Crippen LogP contribution < -0.4 is 5.32 Å². The van der Waals surface area contributed by atoms with Gasteiger partial charge < -0.3 is 9.88 Å². The Morgan fingerprint density at radius 3 is 2.50 bits per heavy atom. The van der Waals surface area contributed by atoms with Crippen LogP contribution in [-0.2, 0) is 13.6 Å². The summed E-state index contributed by atoms with van der Waals surface area (Å²) in [5.41, 5.74) is 0. The lowest BCUT2D eigenvalue weighted by Crippen LogP contribution is -2.33. The van der Waals surface area contributed by atoms with Gasteiger partial charge in [0.2, 0.25) is 0 Å². The lowest BCUT2D eigenvalue weighted by Gasteiger charge is -2.22. The van der Waals surface area contributed by atoms with E-state index in [-0.39, 0.29) is 0 Å². The van der Waals surface area contributed by atoms with Gasteiger partial charge >= 0.3 is 0 Å². The third-order valence-corrected chi connectivity index (χ3v) is 3.72. The molecule has 1 heterocycles. The Balaban J connectivity index is 2.48. The van der Waals surface area contributed by atoms with Crippen LogP contribution in [0.5, 0.6) is 0 Å². The fraction of sp³-hybridized carbons (Fsp3) is 0.750. The molecule has 1 aromatic heterocycles. The van der Waals surface area contributed by atoms with Crippen molar-refractivity contribution in [1.82, 2.24) is 14.9 Å². The molecule has 0 amide bonds. The molecule has 1 rings (SSSR count). The van der Waals surface area contributed by atoms with Gasteiger partial charge in [-0.3, -0.25) is 0 Å². The molecule has 1 atom stereocenters. The van der Waals surface area contributed by atoms with Crippen molar-refractivity contribution in [3.8, 4) is 0 Å². The molecule has 1 N–H and O–H groups in total. The van der Waals surface area contributed by atoms with Crippen LogP contribution in [-0.4, -0.2) is 15.6 Å². The lowest BCUT2D eigenvalue weighted by atomic mass is 9.95. The maximum atomic E-state index is 5.93. The van der Waals surface area contributed by atoms with Crippen LogP contribution in [0.25, 0.3) is 0 Å². The van der Waals surface area contributed by atoms with E-state index in [0.29, 0.717) is 11.2 Å². The molecule has 0 radical (unpaired) electrons. The first-order chi connectivity index (χ1) is 7.60. The molecule has 0 bridgehead atoms. The first-order valence-corrected chi connectivity index (χ1v) is 6.37. The van der Waals surface area contributed by atoms with E-state index in [0.717, 1.165) is 18.3 Å². The zero-order valence-corrected chi connectivity index (χ0v) is 11.4. The standard InChI is InChI=1S/C12H22ClN3/c1-5-10(6-2)9(3)14-8-12-15-7-11(13)16(12)4/h7,9-10,14H,5-6,8H2,1-4H3. The maximum absolute atomic E-state index is 5.93. The van der Waals surface area contributed by atoms with Gasteiger partial charge in [-0.25, -0.2) is 4.98 Å². The molecule has 0 saturated heterocycles. The Kier molecular flexibility index (Phi) is 5.29. The molecule has 3 nitrogen and oxygen atoms in total. The average molecular weight is 244 g/mol. The summed E-state index contributed by atoms with van der Waals surface area (Å²) >= 11 is 5.93. The summed E-state index contributed by atoms with van der Waals surface area (Å²) in [4.78, 5) is 4.27. The number of nitrogens with zero attached hydrogens (tertiary/aromatic N) is 2. The highest BCUT2D eigenvalue weighted by molar-refractivity contribution is 6.29. The van der Waals surface area contributed by atoms with E-state index in [1.807, 2.05) is 11.6 Å². The number of halogens is 1. The van der Waals surface area contributed by atoms with Crippen molar-refractivity contribution in [3.63, 3.8) is 0 Å². The summed E-state index contributed by atoms with van der Waals surface area (Å²) in [6.07, 6.45) is 4.12. The quantitative estimate of drug-likeness (QED) is 0.833. The van der Waals surface area contributed by atoms with Crippen molar-refractivity contribution in [2.24, 2.45) is 13.0 Å². The zero-order chi connectivity index (χ0) is 12.1. The number of hydrogen-bond donors (Lipinski definition) is 1. The van der Waals surface area contributed by atoms with Crippen molar-refractivity contribution < 1.29 is 0 Å². The van der Waals surface area contributed by atoms with Crippen molar-refractivity contribution in [1.29, 1.82) is 0 Å². The minimum Gasteiger partial charge on any atom is -0.321 e. The van der Waals surface area contributed by atoms with Gasteiger partial charge in [0.25, 0.3) is 0 Å². The summed E-state index contributed by atoms with van der Waals surface area (Å²) in [6.45, 7) is 7.50. The molecule has 0 aliphatic rings. The smallest absolute Gasteiger partial charge is 0.128 e. The fourth-order valence-corrected chi connectivity index (χ4v) is 2.15. The van der Waals surface area contributed by atoms with Crippen molar-refractivity contribution in [2.75, 3.05) is 0 Å². The Hall–Kier alpha value is -0.540. The average Bonchev–Trinajstić information content (AvgIpc) is 2.59. The van der Waals surface area contributed by atoms with Crippen molar-refractivity contribution in [2.45, 2.75) is 46.2 Å². The molecule has 4 heteroatoms. The van der Waals surface area contributed by atoms with E-state index in [1.54, 1.807) is 6.20 Å². The SMILES string of the molecule is CCC(CC)C(C)NCc1ncc(Cl)n1C. The van der Waals surface area contributed by atoms with Gasteiger partial charge in [0.05, 0.1) is 12.7 Å². The summed E-state index contributed by atoms with van der Waals surface area (Å²) in [7, 11) is 1.94. The summed E-state index contributed by atoms with van der Waals surface area (Å²) < 4.78 is 1.91. The Morgan fingerprint density at radius 1 is 1.44 bits per heavy atom. The summed E-state index contributed by atoms with van der Waals surface area (Å²) in [5, 5.41) is 4.20. The minimum absolute atomic E-state index is 0.519. The Bertz CT molecular complexity index is 318. The van der Waals surface area contributed by atoms with Crippen molar-refractivity contribution >= 4 is 11.6 Å². The van der Waals surface area contributed by atoms with Crippen LogP contribution in [0.2, 0.25) is 5.15 Å². The maximum Gasteiger partial charge on any atom is 0.128 e. The highest BCUT2D eigenvalue weighted by Gasteiger charge is 2.13. The zero-order valence-electron chi connectivity index (χ0n) is 10.6. The van der Waals surface area contributed by atoms with E-state index >= 15 is 0 Å². The lowest BCUT2D eigenvalue weighted by molar-refractivity contribution is 0.349. The minimum atomic E-state index is 0.519. The first kappa shape index (κ1) is 13.5. The van der Waals surface area contributed by atoms with Crippen LogP contribution in [0.3, 0.4) is 0 Å². The van der Waals surface area contributed by atoms with E-state index in [9.17, 15) is 0 Å². The summed E-state index contributed by atoms with van der Waals surface area (Å²) in [6, 6.07) is 0.519. The van der Waals surface area contributed by atoms with E-state index in [4.69, 9.17) is 11.6 Å². The van der Waals surface area contributed by atoms with Crippen LogP contribution >= 0.6 is 11.6 Å². The van der Waals surface area contributed by atoms with Gasteiger partial charge in [-0.15, -0.1) is 0 Å². The topological polar surface area (TPSA) is 29.9 Å². The van der Waals surface area contributed by atoms with E-state index < -0.39 is 0 Å². The predicted octanol–water partition coefficient (Wildman–Crippen LogP) is 2.99. The molecular weight excluding hydrogens is 222 g/mol. The highest BCUT2D eigenvalue weighted by atomic mass is 35.5. The van der Waals surface area contributed by atoms with Gasteiger partial charge in [-0.2, -0.15) is 0 Å².